The van der Waals surface area contributed by atoms with Gasteiger partial charge in [0.1, 0.15) is 23.6 Å². The van der Waals surface area contributed by atoms with Crippen LogP contribution >= 0.6 is 0 Å². The van der Waals surface area contributed by atoms with Gasteiger partial charge in [0.2, 0.25) is 0 Å². The molecule has 1 aromatic carbocycles. The van der Waals surface area contributed by atoms with Crippen molar-refractivity contribution in [1.82, 2.24) is 10.2 Å². The fourth-order valence-electron chi connectivity index (χ4n) is 3.36. The van der Waals surface area contributed by atoms with Gasteiger partial charge in [-0.2, -0.15) is 0 Å². The highest BCUT2D eigenvalue weighted by atomic mass is 16.5. The zero-order valence-corrected chi connectivity index (χ0v) is 17.3. The Morgan fingerprint density at radius 3 is 2.57 bits per heavy atom. The molecule has 1 heterocycles. The number of benzene rings is 1. The number of urea groups is 1. The Bertz CT molecular complexity index is 883. The smallest absolute Gasteiger partial charge is 0.327 e. The van der Waals surface area contributed by atoms with Crippen molar-refractivity contribution < 1.29 is 33.4 Å². The number of anilines is 1. The first-order chi connectivity index (χ1) is 14.2. The second kappa shape index (κ2) is 8.21. The SMILES string of the molecule is COc1ccc(OC)c(NC(=O)C(C)OC(=O)CN2C(=O)NC(C)(C3CC3)C2=O)c1. The van der Waals surface area contributed by atoms with Crippen LogP contribution in [0.4, 0.5) is 10.5 Å². The minimum Gasteiger partial charge on any atom is -0.497 e. The van der Waals surface area contributed by atoms with Gasteiger partial charge in [-0.3, -0.25) is 19.3 Å². The van der Waals surface area contributed by atoms with E-state index in [1.807, 2.05) is 0 Å². The summed E-state index contributed by atoms with van der Waals surface area (Å²) in [5, 5.41) is 5.26. The number of carbonyl (C=O) groups excluding carboxylic acids is 4. The summed E-state index contributed by atoms with van der Waals surface area (Å²) in [6, 6.07) is 4.23. The van der Waals surface area contributed by atoms with Crippen LogP contribution in [0.25, 0.3) is 0 Å². The zero-order valence-electron chi connectivity index (χ0n) is 17.3. The van der Waals surface area contributed by atoms with E-state index in [4.69, 9.17) is 14.2 Å². The molecule has 0 spiro atoms. The lowest BCUT2D eigenvalue weighted by molar-refractivity contribution is -0.155. The standard InChI is InChI=1S/C20H25N3O7/c1-11(17(25)21-14-9-13(28-3)7-8-15(14)29-4)30-16(24)10-23-18(26)20(2,12-5-6-12)22-19(23)27/h7-9,11-12H,5-6,10H2,1-4H3,(H,21,25)(H,22,27). The van der Waals surface area contributed by atoms with Crippen LogP contribution in [-0.2, 0) is 19.1 Å². The first kappa shape index (κ1) is 21.4. The minimum absolute atomic E-state index is 0.0810. The van der Waals surface area contributed by atoms with Gasteiger partial charge in [-0.05, 0) is 44.7 Å². The summed E-state index contributed by atoms with van der Waals surface area (Å²) in [6.45, 7) is 2.49. The van der Waals surface area contributed by atoms with Crippen molar-refractivity contribution >= 4 is 29.5 Å². The molecule has 0 aromatic heterocycles. The number of hydrogen-bond acceptors (Lipinski definition) is 7. The highest BCUT2D eigenvalue weighted by Crippen LogP contribution is 2.42. The van der Waals surface area contributed by atoms with Crippen molar-refractivity contribution in [3.8, 4) is 11.5 Å². The lowest BCUT2D eigenvalue weighted by atomic mass is 9.96. The molecule has 2 fully saturated rings. The molecule has 2 N–H and O–H groups in total. The molecule has 30 heavy (non-hydrogen) atoms. The quantitative estimate of drug-likeness (QED) is 0.481. The van der Waals surface area contributed by atoms with Gasteiger partial charge in [-0.1, -0.05) is 0 Å². The molecular formula is C20H25N3O7. The predicted molar refractivity (Wildman–Crippen MR) is 105 cm³/mol. The lowest BCUT2D eigenvalue weighted by Gasteiger charge is -2.21. The molecule has 162 valence electrons. The van der Waals surface area contributed by atoms with Crippen molar-refractivity contribution in [2.75, 3.05) is 26.1 Å². The summed E-state index contributed by atoms with van der Waals surface area (Å²) in [4.78, 5) is 50.2. The molecule has 1 saturated heterocycles. The number of hydrogen-bond donors (Lipinski definition) is 2. The van der Waals surface area contributed by atoms with E-state index in [-0.39, 0.29) is 5.92 Å². The van der Waals surface area contributed by atoms with Crippen LogP contribution in [0.2, 0.25) is 0 Å². The second-order valence-corrected chi connectivity index (χ2v) is 7.49. The molecule has 0 radical (unpaired) electrons. The predicted octanol–water partition coefficient (Wildman–Crippen LogP) is 1.29. The van der Waals surface area contributed by atoms with Crippen molar-refractivity contribution in [3.05, 3.63) is 18.2 Å². The Kier molecular flexibility index (Phi) is 5.86. The maximum Gasteiger partial charge on any atom is 0.327 e. The average molecular weight is 419 g/mol. The Morgan fingerprint density at radius 1 is 1.27 bits per heavy atom. The van der Waals surface area contributed by atoms with Crippen LogP contribution in [0.1, 0.15) is 26.7 Å². The summed E-state index contributed by atoms with van der Waals surface area (Å²) >= 11 is 0. The summed E-state index contributed by atoms with van der Waals surface area (Å²) in [5.41, 5.74) is -0.637. The number of methoxy groups -OCH3 is 2. The van der Waals surface area contributed by atoms with Crippen LogP contribution in [0, 0.1) is 5.92 Å². The van der Waals surface area contributed by atoms with Gasteiger partial charge in [0.25, 0.3) is 11.8 Å². The molecule has 2 unspecified atom stereocenters. The number of nitrogens with one attached hydrogen (secondary N) is 2. The van der Waals surface area contributed by atoms with Gasteiger partial charge in [-0.15, -0.1) is 0 Å². The monoisotopic (exact) mass is 419 g/mol. The van der Waals surface area contributed by atoms with Crippen molar-refractivity contribution in [1.29, 1.82) is 0 Å². The van der Waals surface area contributed by atoms with Gasteiger partial charge in [-0.25, -0.2) is 4.79 Å². The van der Waals surface area contributed by atoms with E-state index >= 15 is 0 Å². The molecule has 10 nitrogen and oxygen atoms in total. The molecule has 1 aliphatic heterocycles. The third-order valence-electron chi connectivity index (χ3n) is 5.32. The van der Waals surface area contributed by atoms with Crippen LogP contribution < -0.4 is 20.1 Å². The van der Waals surface area contributed by atoms with Crippen LogP contribution in [0.3, 0.4) is 0 Å². The van der Waals surface area contributed by atoms with Crippen molar-refractivity contribution in [2.45, 2.75) is 38.3 Å². The Balaban J connectivity index is 1.58. The van der Waals surface area contributed by atoms with E-state index < -0.39 is 42.0 Å². The normalized spacial score (nSPS) is 21.7. The summed E-state index contributed by atoms with van der Waals surface area (Å²) in [5.74, 6) is -0.925. The average Bonchev–Trinajstić information content (AvgIpc) is 3.54. The van der Waals surface area contributed by atoms with Crippen molar-refractivity contribution in [3.63, 3.8) is 0 Å². The number of rotatable bonds is 8. The Morgan fingerprint density at radius 2 is 1.97 bits per heavy atom. The fourth-order valence-corrected chi connectivity index (χ4v) is 3.36. The minimum atomic E-state index is -1.16. The molecule has 3 rings (SSSR count). The van der Waals surface area contributed by atoms with Gasteiger partial charge >= 0.3 is 12.0 Å². The first-order valence-corrected chi connectivity index (χ1v) is 9.56. The molecule has 1 aromatic rings. The highest BCUT2D eigenvalue weighted by molar-refractivity contribution is 6.09. The van der Waals surface area contributed by atoms with Gasteiger partial charge < -0.3 is 24.8 Å². The fraction of sp³-hybridized carbons (Fsp3) is 0.500. The molecule has 2 atom stereocenters. The third-order valence-corrected chi connectivity index (χ3v) is 5.32. The number of amides is 4. The van der Waals surface area contributed by atoms with E-state index in [9.17, 15) is 19.2 Å². The number of nitrogens with zero attached hydrogens (tertiary/aromatic N) is 1. The highest BCUT2D eigenvalue weighted by Gasteiger charge is 2.56. The maximum atomic E-state index is 12.6. The number of imide groups is 1. The topological polar surface area (TPSA) is 123 Å². The van der Waals surface area contributed by atoms with E-state index in [1.165, 1.54) is 21.1 Å². The van der Waals surface area contributed by atoms with Crippen LogP contribution in [0.15, 0.2) is 18.2 Å². The first-order valence-electron chi connectivity index (χ1n) is 9.56. The van der Waals surface area contributed by atoms with E-state index in [0.717, 1.165) is 17.7 Å². The van der Waals surface area contributed by atoms with E-state index in [2.05, 4.69) is 10.6 Å². The van der Waals surface area contributed by atoms with Gasteiger partial charge in [0.05, 0.1) is 19.9 Å². The molecule has 0 bridgehead atoms. The van der Waals surface area contributed by atoms with E-state index in [0.29, 0.717) is 17.2 Å². The number of esters is 1. The molecule has 4 amide bonds. The molecular weight excluding hydrogens is 394 g/mol. The summed E-state index contributed by atoms with van der Waals surface area (Å²) in [7, 11) is 2.94. The zero-order chi connectivity index (χ0) is 22.1. The third kappa shape index (κ3) is 4.17. The van der Waals surface area contributed by atoms with Gasteiger partial charge in [0.15, 0.2) is 6.10 Å². The number of ether oxygens (including phenoxy) is 3. The molecule has 10 heteroatoms. The largest absolute Gasteiger partial charge is 0.497 e. The summed E-state index contributed by atoms with van der Waals surface area (Å²) in [6.07, 6.45) is 0.543. The number of carbonyl (C=O) groups is 4. The summed E-state index contributed by atoms with van der Waals surface area (Å²) < 4.78 is 15.4. The Hall–Kier alpha value is -3.30. The van der Waals surface area contributed by atoms with Crippen LogP contribution in [-0.4, -0.2) is 61.1 Å². The molecule has 2 aliphatic rings. The van der Waals surface area contributed by atoms with Crippen LogP contribution in [0.5, 0.6) is 11.5 Å². The van der Waals surface area contributed by atoms with E-state index in [1.54, 1.807) is 25.1 Å². The van der Waals surface area contributed by atoms with Crippen molar-refractivity contribution in [2.24, 2.45) is 5.92 Å². The maximum absolute atomic E-state index is 12.6. The second-order valence-electron chi connectivity index (χ2n) is 7.49. The lowest BCUT2D eigenvalue weighted by Crippen LogP contribution is -2.46. The van der Waals surface area contributed by atoms with Gasteiger partial charge in [0, 0.05) is 6.07 Å². The molecule has 1 aliphatic carbocycles. The Labute approximate surface area is 173 Å². The molecule has 1 saturated carbocycles.